The first-order valence-electron chi connectivity index (χ1n) is 13.9. The summed E-state index contributed by atoms with van der Waals surface area (Å²) in [7, 11) is -9.32. The van der Waals surface area contributed by atoms with Crippen LogP contribution in [-0.4, -0.2) is 70.3 Å². The van der Waals surface area contributed by atoms with Crippen molar-refractivity contribution in [3.05, 3.63) is 49.8 Å². The molecule has 4 atom stereocenters. The van der Waals surface area contributed by atoms with Crippen molar-refractivity contribution >= 4 is 33.0 Å². The molecule has 1 aromatic heterocycles. The quantitative estimate of drug-likeness (QED) is 0.318. The normalized spacial score (nSPS) is 26.9. The van der Waals surface area contributed by atoms with E-state index in [2.05, 4.69) is 33.9 Å². The number of nitrogens with two attached hydrogens (primary N) is 1. The Labute approximate surface area is 250 Å². The van der Waals surface area contributed by atoms with E-state index in [0.29, 0.717) is 0 Å². The highest BCUT2D eigenvalue weighted by Gasteiger charge is 2.67. The molecule has 1 saturated heterocycles. The fourth-order valence-electron chi connectivity index (χ4n) is 4.40. The zero-order valence-electron chi connectivity index (χ0n) is 26.5. The summed E-state index contributed by atoms with van der Waals surface area (Å²) < 4.78 is 53.6. The van der Waals surface area contributed by atoms with E-state index >= 15 is 0 Å². The topological polar surface area (TPSA) is 161 Å². The van der Waals surface area contributed by atoms with Crippen molar-refractivity contribution in [1.29, 1.82) is 0 Å². The predicted octanol–water partition coefficient (Wildman–Crippen LogP) is 2.99. The Morgan fingerprint density at radius 2 is 1.67 bits per heavy atom. The van der Waals surface area contributed by atoms with Crippen molar-refractivity contribution < 1.29 is 31.3 Å². The van der Waals surface area contributed by atoms with Crippen LogP contribution in [0.25, 0.3) is 6.20 Å². The van der Waals surface area contributed by atoms with Crippen LogP contribution in [0.4, 0.5) is 0 Å². The third kappa shape index (κ3) is 6.20. The van der Waals surface area contributed by atoms with Crippen LogP contribution in [0, 0.1) is 6.92 Å². The van der Waals surface area contributed by atoms with Crippen LogP contribution in [0.3, 0.4) is 0 Å². The third-order valence-electron chi connectivity index (χ3n) is 9.02. The van der Waals surface area contributed by atoms with Crippen molar-refractivity contribution in [2.75, 3.05) is 13.2 Å². The summed E-state index contributed by atoms with van der Waals surface area (Å²) in [5, 5.41) is 9.65. The summed E-state index contributed by atoms with van der Waals surface area (Å²) in [6.07, 6.45) is 0.273. The van der Waals surface area contributed by atoms with E-state index in [1.54, 1.807) is 6.92 Å². The van der Waals surface area contributed by atoms with Gasteiger partial charge in [-0.2, -0.15) is 8.42 Å². The molecule has 12 nitrogen and oxygen atoms in total. The van der Waals surface area contributed by atoms with Crippen LogP contribution >= 0.6 is 0 Å². The van der Waals surface area contributed by atoms with Gasteiger partial charge in [-0.1, -0.05) is 41.5 Å². The van der Waals surface area contributed by atoms with Gasteiger partial charge in [-0.15, -0.1) is 0 Å². The Morgan fingerprint density at radius 3 is 2.14 bits per heavy atom. The highest BCUT2D eigenvalue weighted by molar-refractivity contribution is 7.90. The van der Waals surface area contributed by atoms with Crippen molar-refractivity contribution in [3.63, 3.8) is 0 Å². The van der Waals surface area contributed by atoms with E-state index in [4.69, 9.17) is 23.5 Å². The number of aliphatic hydroxyl groups excluding tert-OH is 1. The smallest absolute Gasteiger partial charge is 0.337 e. The molecule has 0 amide bonds. The molecular weight excluding hydrogens is 599 g/mol. The highest BCUT2D eigenvalue weighted by Crippen LogP contribution is 2.52. The van der Waals surface area contributed by atoms with Crippen molar-refractivity contribution in [2.24, 2.45) is 5.73 Å². The molecule has 0 bridgehead atoms. The number of nitrogens with zero attached hydrogens (tertiary/aromatic N) is 2. The van der Waals surface area contributed by atoms with Gasteiger partial charge in [0.25, 0.3) is 15.7 Å². The van der Waals surface area contributed by atoms with Gasteiger partial charge in [-0.25, -0.2) is 13.5 Å². The highest BCUT2D eigenvalue weighted by atomic mass is 32.2. The summed E-state index contributed by atoms with van der Waals surface area (Å²) >= 11 is 0. The maximum atomic E-state index is 13.7. The number of aryl methyl sites for hydroxylation is 1. The third-order valence-corrected chi connectivity index (χ3v) is 19.0. The fraction of sp³-hybridized carbons (Fsp3) is 0.704. The number of hydrogen-bond acceptors (Lipinski definition) is 10. The van der Waals surface area contributed by atoms with Gasteiger partial charge >= 0.3 is 5.69 Å². The number of hydrogen-bond donors (Lipinski definition) is 2. The van der Waals surface area contributed by atoms with Gasteiger partial charge in [-0.3, -0.25) is 9.36 Å². The summed E-state index contributed by atoms with van der Waals surface area (Å²) in [5.74, 6) is 0. The Balaban J connectivity index is 2.31. The summed E-state index contributed by atoms with van der Waals surface area (Å²) in [4.78, 5) is 26.6. The fourth-order valence-corrected chi connectivity index (χ4v) is 7.91. The largest absolute Gasteiger partial charge is 0.414 e. The maximum Gasteiger partial charge on any atom is 0.337 e. The number of aromatic nitrogens is 2. The van der Waals surface area contributed by atoms with Crippen LogP contribution in [0.1, 0.15) is 53.3 Å². The molecule has 3 N–H and O–H groups in total. The Hall–Kier alpha value is -1.86. The zero-order chi connectivity index (χ0) is 32.3. The van der Waals surface area contributed by atoms with Gasteiger partial charge in [-0.05, 0) is 49.3 Å². The molecule has 42 heavy (non-hydrogen) atoms. The molecular formula is C27H47N3O9SSi2. The molecule has 0 aromatic carbocycles. The van der Waals surface area contributed by atoms with Crippen LogP contribution in [-0.2, 0) is 27.9 Å². The van der Waals surface area contributed by atoms with E-state index in [1.165, 1.54) is 23.0 Å². The SMILES string of the molecule is Cc1cn([C@@H]2OC(CO[Si](C)(C)C(C)(C)C)C3(OS(=O)(=O)C=C3N)[C@H]2O[Si](C)(C)C(C)(C)C)c(=O)n(/C=C/CO)c1=O. The van der Waals surface area contributed by atoms with Crippen LogP contribution in [0.15, 0.2) is 33.0 Å². The molecule has 0 saturated carbocycles. The Bertz CT molecular complexity index is 1480. The average molecular weight is 646 g/mol. The zero-order valence-corrected chi connectivity index (χ0v) is 29.4. The van der Waals surface area contributed by atoms with Gasteiger partial charge in [0.2, 0.25) is 0 Å². The van der Waals surface area contributed by atoms with Crippen molar-refractivity contribution in [3.8, 4) is 0 Å². The molecule has 1 aromatic rings. The van der Waals surface area contributed by atoms with Gasteiger partial charge < -0.3 is 24.4 Å². The first-order valence-corrected chi connectivity index (χ1v) is 21.2. The number of aliphatic hydroxyl groups is 1. The lowest BCUT2D eigenvalue weighted by molar-refractivity contribution is -0.0565. The van der Waals surface area contributed by atoms with Crippen molar-refractivity contribution in [2.45, 2.75) is 109 Å². The summed E-state index contributed by atoms with van der Waals surface area (Å²) in [6.45, 7) is 21.5. The second kappa shape index (κ2) is 11.3. The minimum atomic E-state index is -4.23. The van der Waals surface area contributed by atoms with Crippen LogP contribution < -0.4 is 17.0 Å². The minimum absolute atomic E-state index is 0.0772. The second-order valence-corrected chi connectivity index (χ2v) is 25.0. The Morgan fingerprint density at radius 1 is 1.10 bits per heavy atom. The molecule has 3 heterocycles. The van der Waals surface area contributed by atoms with E-state index in [1.807, 2.05) is 33.9 Å². The van der Waals surface area contributed by atoms with E-state index in [0.717, 1.165) is 9.98 Å². The van der Waals surface area contributed by atoms with Crippen LogP contribution in [0.2, 0.25) is 36.3 Å². The molecule has 2 aliphatic heterocycles. The first-order chi connectivity index (χ1) is 18.9. The van der Waals surface area contributed by atoms with Gasteiger partial charge in [0.1, 0.15) is 12.2 Å². The second-order valence-electron chi connectivity index (χ2n) is 14.1. The van der Waals surface area contributed by atoms with Gasteiger partial charge in [0, 0.05) is 18.0 Å². The maximum absolute atomic E-state index is 13.7. The summed E-state index contributed by atoms with van der Waals surface area (Å²) in [5.41, 5.74) is 3.41. The van der Waals surface area contributed by atoms with Crippen LogP contribution in [0.5, 0.6) is 0 Å². The van der Waals surface area contributed by atoms with Gasteiger partial charge in [0.05, 0.1) is 24.3 Å². The molecule has 3 rings (SSSR count). The predicted molar refractivity (Wildman–Crippen MR) is 166 cm³/mol. The average Bonchev–Trinajstić information content (AvgIpc) is 3.25. The van der Waals surface area contributed by atoms with E-state index in [-0.39, 0.29) is 34.6 Å². The molecule has 2 unspecified atom stereocenters. The monoisotopic (exact) mass is 645 g/mol. The van der Waals surface area contributed by atoms with Crippen molar-refractivity contribution in [1.82, 2.24) is 9.13 Å². The van der Waals surface area contributed by atoms with Gasteiger partial charge in [0.15, 0.2) is 28.5 Å². The standard InChI is InChI=1S/C27H47N3O9SSi2/c1-18-15-30(24(33)29(22(18)32)13-12-14-31)23-21(38-42(10,11)26(5,6)7)27(19(28)17-40(34,35)39-27)20(37-23)16-36-41(8,9)25(2,3)4/h12-13,15,17,20-21,23,31H,14,16,28H2,1-11H3/b13-12+/t20?,21-,23+,27?/m0/s1. The molecule has 2 aliphatic rings. The minimum Gasteiger partial charge on any atom is -0.414 e. The number of rotatable bonds is 8. The summed E-state index contributed by atoms with van der Waals surface area (Å²) in [6, 6.07) is 0. The molecule has 0 aliphatic carbocycles. The molecule has 15 heteroatoms. The first kappa shape index (κ1) is 34.6. The van der Waals surface area contributed by atoms with E-state index in [9.17, 15) is 23.1 Å². The Kier molecular flexibility index (Phi) is 9.28. The number of ether oxygens (including phenoxy) is 1. The molecule has 0 radical (unpaired) electrons. The molecule has 1 fully saturated rings. The molecule has 238 valence electrons. The van der Waals surface area contributed by atoms with E-state index < -0.39 is 62.0 Å². The lowest BCUT2D eigenvalue weighted by atomic mass is 9.89. The lowest BCUT2D eigenvalue weighted by Crippen LogP contribution is -2.59. The molecule has 1 spiro atoms. The lowest BCUT2D eigenvalue weighted by Gasteiger charge is -2.43.